The Hall–Kier alpha value is -4.32. The Morgan fingerprint density at radius 3 is 0.732 bits per heavy atom. The van der Waals surface area contributed by atoms with Crippen LogP contribution in [0.5, 0.6) is 23.0 Å². The van der Waals surface area contributed by atoms with Crippen LogP contribution >= 0.6 is 0 Å². The van der Waals surface area contributed by atoms with Crippen LogP contribution in [0.3, 0.4) is 0 Å². The van der Waals surface area contributed by atoms with E-state index < -0.39 is 0 Å². The molecular weight excluding hydrogens is 689 g/mol. The molecule has 8 bridgehead atoms. The van der Waals surface area contributed by atoms with E-state index in [0.717, 1.165) is 88.2 Å². The van der Waals surface area contributed by atoms with E-state index in [1.807, 2.05) is 0 Å². The molecule has 6 heteroatoms. The van der Waals surface area contributed by atoms with Gasteiger partial charge in [0.15, 0.2) is 0 Å². The average molecular weight is 761 g/mol. The molecule has 304 valence electrons. The van der Waals surface area contributed by atoms with E-state index in [1.165, 1.54) is 99.8 Å². The molecule has 0 saturated heterocycles. The zero-order valence-electron chi connectivity index (χ0n) is 35.4. The summed E-state index contributed by atoms with van der Waals surface area (Å²) in [6.45, 7) is 17.5. The minimum atomic E-state index is 0.883. The molecule has 7 heterocycles. The number of unbranched alkanes of at least 4 members (excludes halogenated alkanes) is 8. The van der Waals surface area contributed by atoms with Crippen LogP contribution in [0.2, 0.25) is 0 Å². The Labute approximate surface area is 340 Å². The van der Waals surface area contributed by atoms with Gasteiger partial charge in [-0.3, -0.25) is 0 Å². The monoisotopic (exact) mass is 761 g/mol. The first-order chi connectivity index (χ1) is 27.6. The third kappa shape index (κ3) is 14.0. The SMILES string of the molecule is CCCCCN1CCCN(CCCCC)c2ccc(cc2)Oc2ccc(cc2)N(CCCCC)CCCN(CCCCC)c2ccc(cc2)Oc2ccc1cc2. The standard InChI is InChI=1S/C50H72N4O2/c1-5-9-13-35-51-39-17-40-52(36-14-10-6-2)44-21-29-49(30-22-44)56-50-33-25-46(26-34-50)54(38-16-12-8-4)42-18-41-53(37-15-11-7-3)45-23-31-48(32-24-45)55-47-27-19-43(51)20-28-47/h19-34H,5-18,35-42H2,1-4H3. The minimum Gasteiger partial charge on any atom is -0.457 e. The van der Waals surface area contributed by atoms with Crippen LogP contribution in [-0.4, -0.2) is 52.4 Å². The quantitative estimate of drug-likeness (QED) is 0.106. The lowest BCUT2D eigenvalue weighted by Crippen LogP contribution is -2.31. The molecule has 4 aromatic rings. The second-order valence-corrected chi connectivity index (χ2v) is 15.7. The summed E-state index contributed by atoms with van der Waals surface area (Å²) in [6, 6.07) is 35.1. The first kappa shape index (κ1) is 42.8. The normalized spacial score (nSPS) is 14.2. The number of benzene rings is 4. The van der Waals surface area contributed by atoms with Gasteiger partial charge in [-0.2, -0.15) is 0 Å². The van der Waals surface area contributed by atoms with Crippen LogP contribution in [0.25, 0.3) is 0 Å². The number of nitrogens with zero attached hydrogens (tertiary/aromatic N) is 4. The molecule has 0 radical (unpaired) electrons. The molecule has 0 saturated carbocycles. The Kier molecular flexibility index (Phi) is 18.6. The average Bonchev–Trinajstić information content (AvgIpc) is 3.22. The van der Waals surface area contributed by atoms with Crippen LogP contribution in [-0.2, 0) is 0 Å². The van der Waals surface area contributed by atoms with Gasteiger partial charge in [0.1, 0.15) is 23.0 Å². The number of rotatable bonds is 16. The van der Waals surface area contributed by atoms with Gasteiger partial charge in [0.25, 0.3) is 0 Å². The van der Waals surface area contributed by atoms with Crippen molar-refractivity contribution in [1.82, 2.24) is 0 Å². The van der Waals surface area contributed by atoms with Gasteiger partial charge >= 0.3 is 0 Å². The summed E-state index contributed by atoms with van der Waals surface area (Å²) >= 11 is 0. The second kappa shape index (κ2) is 24.3. The highest BCUT2D eigenvalue weighted by atomic mass is 16.5. The molecular formula is C50H72N4O2. The van der Waals surface area contributed by atoms with Gasteiger partial charge in [-0.1, -0.05) is 79.1 Å². The predicted octanol–water partition coefficient (Wildman–Crippen LogP) is 13.8. The van der Waals surface area contributed by atoms with Crippen molar-refractivity contribution in [2.75, 3.05) is 72.0 Å². The lowest BCUT2D eigenvalue weighted by molar-refractivity contribution is 0.482. The van der Waals surface area contributed by atoms with Crippen molar-refractivity contribution in [1.29, 1.82) is 0 Å². The molecule has 0 amide bonds. The van der Waals surface area contributed by atoms with Gasteiger partial charge in [-0.05, 0) is 136 Å². The van der Waals surface area contributed by atoms with E-state index in [4.69, 9.17) is 9.47 Å². The number of ether oxygens (including phenoxy) is 2. The van der Waals surface area contributed by atoms with Crippen molar-refractivity contribution in [2.24, 2.45) is 0 Å². The first-order valence-electron chi connectivity index (χ1n) is 22.4. The molecule has 7 aliphatic heterocycles. The zero-order valence-corrected chi connectivity index (χ0v) is 35.4. The minimum absolute atomic E-state index is 0.883. The third-order valence-corrected chi connectivity index (χ3v) is 11.1. The Balaban J connectivity index is 1.40. The van der Waals surface area contributed by atoms with Crippen molar-refractivity contribution in [3.05, 3.63) is 97.1 Å². The molecule has 0 unspecified atom stereocenters. The van der Waals surface area contributed by atoms with Crippen molar-refractivity contribution >= 4 is 22.7 Å². The number of anilines is 4. The smallest absolute Gasteiger partial charge is 0.127 e. The van der Waals surface area contributed by atoms with Gasteiger partial charge in [0.2, 0.25) is 0 Å². The van der Waals surface area contributed by atoms with Crippen LogP contribution < -0.4 is 29.1 Å². The maximum absolute atomic E-state index is 6.41. The molecule has 11 rings (SSSR count). The van der Waals surface area contributed by atoms with E-state index in [2.05, 4.69) is 144 Å². The Morgan fingerprint density at radius 2 is 0.536 bits per heavy atom. The molecule has 0 aromatic heterocycles. The molecule has 4 aromatic carbocycles. The number of hydrogen-bond acceptors (Lipinski definition) is 6. The van der Waals surface area contributed by atoms with E-state index in [-0.39, 0.29) is 0 Å². The third-order valence-electron chi connectivity index (χ3n) is 11.1. The van der Waals surface area contributed by atoms with Crippen LogP contribution in [0.4, 0.5) is 22.7 Å². The molecule has 0 spiro atoms. The summed E-state index contributed by atoms with van der Waals surface area (Å²) in [5.74, 6) is 3.53. The van der Waals surface area contributed by atoms with Crippen molar-refractivity contribution in [2.45, 2.75) is 118 Å². The highest BCUT2D eigenvalue weighted by Crippen LogP contribution is 2.30. The maximum atomic E-state index is 6.41. The number of hydrogen-bond donors (Lipinski definition) is 0. The summed E-state index contributed by atoms with van der Waals surface area (Å²) in [6.07, 6.45) is 16.9. The van der Waals surface area contributed by atoms with Gasteiger partial charge in [-0.25, -0.2) is 0 Å². The largest absolute Gasteiger partial charge is 0.457 e. The molecule has 0 N–H and O–H groups in total. The summed E-state index contributed by atoms with van der Waals surface area (Å²) < 4.78 is 12.8. The van der Waals surface area contributed by atoms with Gasteiger partial charge in [0, 0.05) is 75.1 Å². The highest BCUT2D eigenvalue weighted by molar-refractivity contribution is 5.54. The topological polar surface area (TPSA) is 31.4 Å². The lowest BCUT2D eigenvalue weighted by Gasteiger charge is -2.29. The molecule has 0 atom stereocenters. The van der Waals surface area contributed by atoms with Gasteiger partial charge in [-0.15, -0.1) is 0 Å². The van der Waals surface area contributed by atoms with Crippen molar-refractivity contribution < 1.29 is 9.47 Å². The van der Waals surface area contributed by atoms with Gasteiger partial charge in [0.05, 0.1) is 0 Å². The second-order valence-electron chi connectivity index (χ2n) is 15.7. The molecule has 0 fully saturated rings. The van der Waals surface area contributed by atoms with Crippen LogP contribution in [0.1, 0.15) is 118 Å². The fourth-order valence-corrected chi connectivity index (χ4v) is 7.77. The Morgan fingerprint density at radius 1 is 0.321 bits per heavy atom. The van der Waals surface area contributed by atoms with E-state index in [9.17, 15) is 0 Å². The lowest BCUT2D eigenvalue weighted by atomic mass is 10.2. The van der Waals surface area contributed by atoms with Crippen molar-refractivity contribution in [3.8, 4) is 23.0 Å². The molecule has 6 nitrogen and oxygen atoms in total. The highest BCUT2D eigenvalue weighted by Gasteiger charge is 2.14. The molecule has 7 aliphatic rings. The zero-order chi connectivity index (χ0) is 39.2. The fraction of sp³-hybridized carbons (Fsp3) is 0.520. The summed E-state index contributed by atoms with van der Waals surface area (Å²) in [7, 11) is 0. The molecule has 0 aliphatic carbocycles. The molecule has 56 heavy (non-hydrogen) atoms. The maximum Gasteiger partial charge on any atom is 0.127 e. The van der Waals surface area contributed by atoms with Crippen molar-refractivity contribution in [3.63, 3.8) is 0 Å². The van der Waals surface area contributed by atoms with Crippen LogP contribution in [0, 0.1) is 0 Å². The Bertz CT molecular complexity index is 1370. The summed E-state index contributed by atoms with van der Waals surface area (Å²) in [5, 5.41) is 0. The van der Waals surface area contributed by atoms with Gasteiger partial charge < -0.3 is 29.1 Å². The van der Waals surface area contributed by atoms with E-state index in [1.54, 1.807) is 0 Å². The van der Waals surface area contributed by atoms with Crippen LogP contribution in [0.15, 0.2) is 97.1 Å². The predicted molar refractivity (Wildman–Crippen MR) is 242 cm³/mol. The summed E-state index contributed by atoms with van der Waals surface area (Å²) in [5.41, 5.74) is 5.10. The van der Waals surface area contributed by atoms with E-state index in [0.29, 0.717) is 0 Å². The fourth-order valence-electron chi connectivity index (χ4n) is 7.77. The summed E-state index contributed by atoms with van der Waals surface area (Å²) in [4.78, 5) is 10.3. The van der Waals surface area contributed by atoms with E-state index >= 15 is 0 Å². The first-order valence-corrected chi connectivity index (χ1v) is 22.4.